The van der Waals surface area contributed by atoms with Crippen LogP contribution < -0.4 is 0 Å². The number of hydrogen-bond acceptors (Lipinski definition) is 15. The normalized spacial score (nSPS) is 14.6. The lowest BCUT2D eigenvalue weighted by Gasteiger charge is -2.21. The standard InChI is InChI=1S/C79H134O17P2/c1-5-9-13-17-21-25-29-32-35-36-39-41-45-48-52-56-60-64-77(82)90-70-75(96-79(84)66-62-58-54-50-46-42-38-34-31-27-23-19-15-11-7-3)72-94-98(87,88)92-68-73(80)67-91-97(85,86)93-71-74(95-78(83)65-61-57-53-49-43-28-24-20-16-12-8-4)69-89-76(81)63-59-55-51-47-44-40-37-33-30-26-22-18-14-10-6-2/h9,11,13,15,21,23,25,27,32,34-35,38-39,41,46,48,50,52,58,62,73-75,80H,5-8,10,12,14,16-20,22,24,26,28-31,33,36-37,40,42-45,47,49,51,53-57,59-61,63-72H2,1-4H3,(H,85,86)(H,87,88)/b13-9-,15-11-,25-21-,27-23-,35-32-,38-34-,41-39-,50-46-,52-48-,62-58-. The van der Waals surface area contributed by atoms with E-state index in [4.69, 9.17) is 37.0 Å². The summed E-state index contributed by atoms with van der Waals surface area (Å²) in [6, 6.07) is 0. The molecule has 0 aromatic rings. The van der Waals surface area contributed by atoms with Crippen LogP contribution >= 0.6 is 15.6 Å². The van der Waals surface area contributed by atoms with Gasteiger partial charge in [-0.05, 0) is 89.9 Å². The summed E-state index contributed by atoms with van der Waals surface area (Å²) in [5.41, 5.74) is 0. The Bertz CT molecular complexity index is 2340. The van der Waals surface area contributed by atoms with Crippen molar-refractivity contribution < 1.29 is 80.2 Å². The fraction of sp³-hybridized carbons (Fsp3) is 0.696. The Morgan fingerprint density at radius 2 is 0.571 bits per heavy atom. The van der Waals surface area contributed by atoms with E-state index in [0.29, 0.717) is 32.1 Å². The molecule has 19 heteroatoms. The molecule has 0 aliphatic heterocycles. The molecular formula is C79H134O17P2. The monoisotopic (exact) mass is 1420 g/mol. The molecule has 0 spiro atoms. The number of unbranched alkanes of at least 4 members (excludes halogenated alkanes) is 25. The van der Waals surface area contributed by atoms with Crippen molar-refractivity contribution in [2.75, 3.05) is 39.6 Å². The van der Waals surface area contributed by atoms with Gasteiger partial charge in [-0.3, -0.25) is 37.3 Å². The van der Waals surface area contributed by atoms with E-state index in [1.54, 1.807) is 12.2 Å². The van der Waals surface area contributed by atoms with E-state index in [2.05, 4.69) is 113 Å². The molecule has 0 radical (unpaired) electrons. The van der Waals surface area contributed by atoms with Crippen molar-refractivity contribution in [1.82, 2.24) is 0 Å². The third-order valence-corrected chi connectivity index (χ3v) is 17.4. The molecule has 98 heavy (non-hydrogen) atoms. The van der Waals surface area contributed by atoms with E-state index in [9.17, 15) is 43.2 Å². The minimum Gasteiger partial charge on any atom is -0.462 e. The maximum Gasteiger partial charge on any atom is 0.472 e. The third-order valence-electron chi connectivity index (χ3n) is 15.5. The Morgan fingerprint density at radius 1 is 0.306 bits per heavy atom. The van der Waals surface area contributed by atoms with Crippen LogP contribution in [0.15, 0.2) is 122 Å². The average molecular weight is 1420 g/mol. The van der Waals surface area contributed by atoms with Crippen LogP contribution in [0.4, 0.5) is 0 Å². The number of allylic oxidation sites excluding steroid dienone is 19. The van der Waals surface area contributed by atoms with Crippen molar-refractivity contribution >= 4 is 39.5 Å². The number of aliphatic hydroxyl groups excluding tert-OH is 1. The molecule has 0 rings (SSSR count). The van der Waals surface area contributed by atoms with Gasteiger partial charge in [0.15, 0.2) is 12.2 Å². The molecule has 0 aromatic heterocycles. The highest BCUT2D eigenvalue weighted by molar-refractivity contribution is 7.47. The van der Waals surface area contributed by atoms with Gasteiger partial charge in [0.1, 0.15) is 19.3 Å². The lowest BCUT2D eigenvalue weighted by atomic mass is 10.0. The number of aliphatic hydroxyl groups is 1. The molecule has 0 amide bonds. The molecule has 0 saturated carbocycles. The quantitative estimate of drug-likeness (QED) is 0.0169. The molecule has 0 aliphatic rings. The highest BCUT2D eigenvalue weighted by atomic mass is 31.2. The maximum absolute atomic E-state index is 13.1. The zero-order chi connectivity index (χ0) is 71.8. The Labute approximate surface area is 593 Å². The Kier molecular flexibility index (Phi) is 67.6. The van der Waals surface area contributed by atoms with Crippen molar-refractivity contribution in [3.63, 3.8) is 0 Å². The predicted octanol–water partition coefficient (Wildman–Crippen LogP) is 21.6. The van der Waals surface area contributed by atoms with Gasteiger partial charge >= 0.3 is 39.5 Å². The molecule has 17 nitrogen and oxygen atoms in total. The van der Waals surface area contributed by atoms with Gasteiger partial charge in [-0.2, -0.15) is 0 Å². The number of rotatable bonds is 70. The Hall–Kier alpha value is -4.54. The number of hydrogen-bond donors (Lipinski definition) is 3. The van der Waals surface area contributed by atoms with Gasteiger partial charge in [0, 0.05) is 19.3 Å². The summed E-state index contributed by atoms with van der Waals surface area (Å²) in [7, 11) is -9.99. The average Bonchev–Trinajstić information content (AvgIpc) is 0.986. The number of phosphoric acid groups is 2. The number of ether oxygens (including phenoxy) is 4. The zero-order valence-corrected chi connectivity index (χ0v) is 63.0. The first-order chi connectivity index (χ1) is 47.7. The van der Waals surface area contributed by atoms with Crippen LogP contribution in [0.3, 0.4) is 0 Å². The number of esters is 4. The van der Waals surface area contributed by atoms with E-state index >= 15 is 0 Å². The summed E-state index contributed by atoms with van der Waals surface area (Å²) in [5, 5.41) is 10.6. The first-order valence-corrected chi connectivity index (χ1v) is 40.8. The largest absolute Gasteiger partial charge is 0.472 e. The van der Waals surface area contributed by atoms with Gasteiger partial charge in [0.05, 0.1) is 32.8 Å². The van der Waals surface area contributed by atoms with Crippen molar-refractivity contribution in [3.8, 4) is 0 Å². The van der Waals surface area contributed by atoms with Crippen LogP contribution in [-0.2, 0) is 65.4 Å². The van der Waals surface area contributed by atoms with Gasteiger partial charge in [0.2, 0.25) is 0 Å². The lowest BCUT2D eigenvalue weighted by Crippen LogP contribution is -2.30. The van der Waals surface area contributed by atoms with Crippen LogP contribution in [0.25, 0.3) is 0 Å². The van der Waals surface area contributed by atoms with Gasteiger partial charge < -0.3 is 33.8 Å². The molecule has 3 N–H and O–H groups in total. The summed E-state index contributed by atoms with van der Waals surface area (Å²) < 4.78 is 68.2. The SMILES string of the molecule is CC/C=C\C/C=C\C/C=C\C/C=C\C/C=C\CCCC(=O)OCC(COP(=O)(O)OCC(O)COP(=O)(O)OCC(COC(=O)CCCCCCCCCCCCCCCCC)OC(=O)CCCCCCCCCCCCC)OC(=O)C/C=C\C/C=C\C/C=C\C/C=C\C/C=C\CC. The summed E-state index contributed by atoms with van der Waals surface area (Å²) in [4.78, 5) is 72.7. The lowest BCUT2D eigenvalue weighted by molar-refractivity contribution is -0.161. The minimum absolute atomic E-state index is 0.0614. The zero-order valence-electron chi connectivity index (χ0n) is 61.2. The summed E-state index contributed by atoms with van der Waals surface area (Å²) in [6.45, 7) is 4.47. The van der Waals surface area contributed by atoms with E-state index in [0.717, 1.165) is 103 Å². The highest BCUT2D eigenvalue weighted by Gasteiger charge is 2.30. The summed E-state index contributed by atoms with van der Waals surface area (Å²) in [5.74, 6) is -2.38. The number of phosphoric ester groups is 2. The number of carbonyl (C=O) groups excluding carboxylic acids is 4. The maximum atomic E-state index is 13.1. The van der Waals surface area contributed by atoms with E-state index in [-0.39, 0.29) is 25.7 Å². The topological polar surface area (TPSA) is 237 Å². The van der Waals surface area contributed by atoms with Gasteiger partial charge in [-0.15, -0.1) is 0 Å². The Balaban J connectivity index is 5.43. The second-order valence-electron chi connectivity index (χ2n) is 24.9. The van der Waals surface area contributed by atoms with Crippen LogP contribution in [0.2, 0.25) is 0 Å². The van der Waals surface area contributed by atoms with E-state index in [1.807, 2.05) is 24.3 Å². The second kappa shape index (κ2) is 70.9. The molecule has 0 fully saturated rings. The summed E-state index contributed by atoms with van der Waals surface area (Å²) in [6.07, 6.45) is 76.7. The fourth-order valence-electron chi connectivity index (χ4n) is 9.80. The third kappa shape index (κ3) is 69.9. The van der Waals surface area contributed by atoms with Gasteiger partial charge in [0.25, 0.3) is 0 Å². The molecule has 562 valence electrons. The van der Waals surface area contributed by atoms with Crippen LogP contribution in [-0.4, -0.2) is 96.7 Å². The molecule has 0 heterocycles. The highest BCUT2D eigenvalue weighted by Crippen LogP contribution is 2.45. The van der Waals surface area contributed by atoms with Crippen molar-refractivity contribution in [3.05, 3.63) is 122 Å². The van der Waals surface area contributed by atoms with E-state index < -0.39 is 97.5 Å². The Morgan fingerprint density at radius 3 is 0.908 bits per heavy atom. The van der Waals surface area contributed by atoms with Crippen molar-refractivity contribution in [1.29, 1.82) is 0 Å². The summed E-state index contributed by atoms with van der Waals surface area (Å²) >= 11 is 0. The second-order valence-corrected chi connectivity index (χ2v) is 27.8. The molecule has 0 aromatic carbocycles. The van der Waals surface area contributed by atoms with Crippen molar-refractivity contribution in [2.45, 2.75) is 316 Å². The first kappa shape index (κ1) is 93.5. The van der Waals surface area contributed by atoms with Gasteiger partial charge in [-0.1, -0.05) is 303 Å². The van der Waals surface area contributed by atoms with Crippen LogP contribution in [0, 0.1) is 0 Å². The molecule has 0 bridgehead atoms. The van der Waals surface area contributed by atoms with Gasteiger partial charge in [-0.25, -0.2) is 9.13 Å². The van der Waals surface area contributed by atoms with E-state index in [1.165, 1.54) is 109 Å². The minimum atomic E-state index is -5.01. The number of carbonyl (C=O) groups is 4. The fourth-order valence-corrected chi connectivity index (χ4v) is 11.4. The molecule has 5 unspecified atom stereocenters. The smallest absolute Gasteiger partial charge is 0.462 e. The molecular weight excluding hydrogens is 1280 g/mol. The molecule has 5 atom stereocenters. The van der Waals surface area contributed by atoms with Crippen LogP contribution in [0.1, 0.15) is 297 Å². The first-order valence-electron chi connectivity index (χ1n) is 37.8. The molecule has 0 aliphatic carbocycles. The molecule has 0 saturated heterocycles. The van der Waals surface area contributed by atoms with Crippen LogP contribution in [0.5, 0.6) is 0 Å². The van der Waals surface area contributed by atoms with Crippen molar-refractivity contribution in [2.24, 2.45) is 0 Å². The predicted molar refractivity (Wildman–Crippen MR) is 399 cm³/mol.